The van der Waals surface area contributed by atoms with Gasteiger partial charge in [-0.25, -0.2) is 4.83 Å². The van der Waals surface area contributed by atoms with Gasteiger partial charge in [0, 0.05) is 5.56 Å². The number of nitrogens with one attached hydrogen (secondary N) is 1. The van der Waals surface area contributed by atoms with Gasteiger partial charge in [0.2, 0.25) is 0 Å². The highest BCUT2D eigenvalue weighted by Crippen LogP contribution is 2.22. The second kappa shape index (κ2) is 7.83. The quantitative estimate of drug-likeness (QED) is 0.616. The van der Waals surface area contributed by atoms with E-state index in [9.17, 15) is 8.42 Å². The van der Waals surface area contributed by atoms with Crippen LogP contribution in [0.3, 0.4) is 0 Å². The minimum atomic E-state index is -3.71. The fourth-order valence-electron chi connectivity index (χ4n) is 1.98. The molecule has 0 heterocycles. The standard InChI is InChI=1S/C17H20N2O4S/c1-4-23-17-10-7-15(22-3)11-14(17)12-18-19-24(20,21)16-8-5-13(2)6-9-16/h5-12,19H,4H2,1-3H3/b18-12+. The lowest BCUT2D eigenvalue weighted by molar-refractivity contribution is 0.338. The molecule has 128 valence electrons. The normalized spacial score (nSPS) is 11.5. The largest absolute Gasteiger partial charge is 0.497 e. The summed E-state index contributed by atoms with van der Waals surface area (Å²) in [6.07, 6.45) is 1.39. The molecule has 2 rings (SSSR count). The molecule has 0 aliphatic rings. The SMILES string of the molecule is CCOc1ccc(OC)cc1/C=N/NS(=O)(=O)c1ccc(C)cc1. The van der Waals surface area contributed by atoms with Crippen LogP contribution in [-0.2, 0) is 10.0 Å². The molecule has 0 saturated carbocycles. The van der Waals surface area contributed by atoms with Gasteiger partial charge in [-0.15, -0.1) is 0 Å². The summed E-state index contributed by atoms with van der Waals surface area (Å²) in [6, 6.07) is 11.8. The molecule has 0 unspecified atom stereocenters. The maximum Gasteiger partial charge on any atom is 0.276 e. The first kappa shape index (κ1) is 17.8. The Morgan fingerprint density at radius 2 is 1.88 bits per heavy atom. The van der Waals surface area contributed by atoms with Crippen molar-refractivity contribution in [2.24, 2.45) is 5.10 Å². The molecule has 0 amide bonds. The van der Waals surface area contributed by atoms with Crippen molar-refractivity contribution >= 4 is 16.2 Å². The highest BCUT2D eigenvalue weighted by Gasteiger charge is 2.12. The van der Waals surface area contributed by atoms with Crippen molar-refractivity contribution in [1.82, 2.24) is 4.83 Å². The molecule has 1 N–H and O–H groups in total. The third-order valence-corrected chi connectivity index (χ3v) is 4.46. The van der Waals surface area contributed by atoms with Gasteiger partial charge in [0.1, 0.15) is 11.5 Å². The molecule has 0 saturated heterocycles. The third-order valence-electron chi connectivity index (χ3n) is 3.22. The lowest BCUT2D eigenvalue weighted by Gasteiger charge is -2.09. The number of hydrazone groups is 1. The van der Waals surface area contributed by atoms with Crippen LogP contribution in [0, 0.1) is 6.92 Å². The summed E-state index contributed by atoms with van der Waals surface area (Å²) >= 11 is 0. The number of methoxy groups -OCH3 is 1. The number of benzene rings is 2. The van der Waals surface area contributed by atoms with E-state index >= 15 is 0 Å². The molecule has 0 bridgehead atoms. The van der Waals surface area contributed by atoms with Gasteiger partial charge in [-0.05, 0) is 44.2 Å². The number of ether oxygens (including phenoxy) is 2. The summed E-state index contributed by atoms with van der Waals surface area (Å²) in [5, 5.41) is 3.83. The van der Waals surface area contributed by atoms with Crippen LogP contribution in [0.1, 0.15) is 18.1 Å². The predicted molar refractivity (Wildman–Crippen MR) is 93.3 cm³/mol. The van der Waals surface area contributed by atoms with Crippen LogP contribution in [0.4, 0.5) is 0 Å². The Hall–Kier alpha value is -2.54. The lowest BCUT2D eigenvalue weighted by atomic mass is 10.2. The van der Waals surface area contributed by atoms with Gasteiger partial charge in [-0.2, -0.15) is 13.5 Å². The molecule has 0 aromatic heterocycles. The van der Waals surface area contributed by atoms with Crippen LogP contribution in [0.25, 0.3) is 0 Å². The number of rotatable bonds is 7. The van der Waals surface area contributed by atoms with E-state index in [1.54, 1.807) is 37.4 Å². The van der Waals surface area contributed by atoms with Crippen LogP contribution >= 0.6 is 0 Å². The van der Waals surface area contributed by atoms with Crippen molar-refractivity contribution in [3.8, 4) is 11.5 Å². The molecule has 7 heteroatoms. The average molecular weight is 348 g/mol. The molecule has 0 fully saturated rings. The molecule has 0 spiro atoms. The Balaban J connectivity index is 2.20. The predicted octanol–water partition coefficient (Wildman–Crippen LogP) is 2.71. The zero-order valence-electron chi connectivity index (χ0n) is 13.8. The lowest BCUT2D eigenvalue weighted by Crippen LogP contribution is -2.18. The Morgan fingerprint density at radius 1 is 1.17 bits per heavy atom. The average Bonchev–Trinajstić information content (AvgIpc) is 2.56. The van der Waals surface area contributed by atoms with E-state index in [0.717, 1.165) is 5.56 Å². The summed E-state index contributed by atoms with van der Waals surface area (Å²) in [6.45, 7) is 4.24. The van der Waals surface area contributed by atoms with Gasteiger partial charge >= 0.3 is 0 Å². The molecule has 0 atom stereocenters. The number of hydrogen-bond donors (Lipinski definition) is 1. The summed E-state index contributed by atoms with van der Waals surface area (Å²) in [5.41, 5.74) is 1.60. The Kier molecular flexibility index (Phi) is 5.81. The highest BCUT2D eigenvalue weighted by atomic mass is 32.2. The van der Waals surface area contributed by atoms with Crippen LogP contribution in [-0.4, -0.2) is 28.3 Å². The van der Waals surface area contributed by atoms with Crippen LogP contribution < -0.4 is 14.3 Å². The second-order valence-corrected chi connectivity index (χ2v) is 6.66. The van der Waals surface area contributed by atoms with Crippen molar-refractivity contribution in [2.45, 2.75) is 18.7 Å². The van der Waals surface area contributed by atoms with E-state index in [2.05, 4.69) is 9.93 Å². The van der Waals surface area contributed by atoms with E-state index in [1.807, 2.05) is 13.8 Å². The smallest absolute Gasteiger partial charge is 0.276 e. The van der Waals surface area contributed by atoms with E-state index in [0.29, 0.717) is 23.7 Å². The number of sulfonamides is 1. The molecular formula is C17H20N2O4S. The number of nitrogens with zero attached hydrogens (tertiary/aromatic N) is 1. The summed E-state index contributed by atoms with van der Waals surface area (Å²) in [7, 11) is -2.16. The fraction of sp³-hybridized carbons (Fsp3) is 0.235. The molecule has 2 aromatic rings. The molecule has 6 nitrogen and oxygen atoms in total. The molecular weight excluding hydrogens is 328 g/mol. The molecule has 2 aromatic carbocycles. The van der Waals surface area contributed by atoms with Crippen molar-refractivity contribution < 1.29 is 17.9 Å². The molecule has 0 radical (unpaired) electrons. The summed E-state index contributed by atoms with van der Waals surface area (Å²) in [5.74, 6) is 1.22. The maximum atomic E-state index is 12.2. The zero-order chi connectivity index (χ0) is 17.6. The van der Waals surface area contributed by atoms with Crippen molar-refractivity contribution in [2.75, 3.05) is 13.7 Å². The van der Waals surface area contributed by atoms with E-state index in [4.69, 9.17) is 9.47 Å². The minimum Gasteiger partial charge on any atom is -0.497 e. The van der Waals surface area contributed by atoms with Gasteiger partial charge in [0.15, 0.2) is 0 Å². The van der Waals surface area contributed by atoms with E-state index < -0.39 is 10.0 Å². The van der Waals surface area contributed by atoms with Gasteiger partial charge in [-0.1, -0.05) is 17.7 Å². The third kappa shape index (κ3) is 4.48. The maximum absolute atomic E-state index is 12.2. The zero-order valence-corrected chi connectivity index (χ0v) is 14.6. The molecule has 24 heavy (non-hydrogen) atoms. The summed E-state index contributed by atoms with van der Waals surface area (Å²) < 4.78 is 35.0. The summed E-state index contributed by atoms with van der Waals surface area (Å²) in [4.78, 5) is 2.35. The first-order valence-corrected chi connectivity index (χ1v) is 8.87. The number of hydrogen-bond acceptors (Lipinski definition) is 5. The monoisotopic (exact) mass is 348 g/mol. The molecule has 0 aliphatic heterocycles. The van der Waals surface area contributed by atoms with Crippen molar-refractivity contribution in [1.29, 1.82) is 0 Å². The number of aryl methyl sites for hydroxylation is 1. The van der Waals surface area contributed by atoms with Gasteiger partial charge < -0.3 is 9.47 Å². The van der Waals surface area contributed by atoms with Gasteiger partial charge in [-0.3, -0.25) is 0 Å². The van der Waals surface area contributed by atoms with E-state index in [-0.39, 0.29) is 4.90 Å². The van der Waals surface area contributed by atoms with Crippen molar-refractivity contribution in [3.05, 3.63) is 53.6 Å². The topological polar surface area (TPSA) is 77.0 Å². The molecule has 0 aliphatic carbocycles. The second-order valence-electron chi connectivity index (χ2n) is 5.00. The van der Waals surface area contributed by atoms with Crippen LogP contribution in [0.2, 0.25) is 0 Å². The highest BCUT2D eigenvalue weighted by molar-refractivity contribution is 7.89. The van der Waals surface area contributed by atoms with E-state index in [1.165, 1.54) is 18.3 Å². The van der Waals surface area contributed by atoms with Crippen LogP contribution in [0.15, 0.2) is 52.5 Å². The minimum absolute atomic E-state index is 0.154. The Labute approximate surface area is 142 Å². The Bertz CT molecular complexity index is 815. The van der Waals surface area contributed by atoms with Crippen LogP contribution in [0.5, 0.6) is 11.5 Å². The fourth-order valence-corrected chi connectivity index (χ4v) is 2.77. The first-order chi connectivity index (χ1) is 11.5. The Morgan fingerprint density at radius 3 is 2.50 bits per heavy atom. The van der Waals surface area contributed by atoms with Crippen molar-refractivity contribution in [3.63, 3.8) is 0 Å². The first-order valence-electron chi connectivity index (χ1n) is 7.38. The van der Waals surface area contributed by atoms with Gasteiger partial charge in [0.25, 0.3) is 10.0 Å². The van der Waals surface area contributed by atoms with Gasteiger partial charge in [0.05, 0.1) is 24.8 Å².